The Morgan fingerprint density at radius 3 is 1.92 bits per heavy atom. The number of non-ortho nitro benzene ring substituents is 2. The average Bonchev–Trinajstić information content (AvgIpc) is 3.12. The molecule has 2 saturated heterocycles. The first-order valence-corrected chi connectivity index (χ1v) is 11.9. The van der Waals surface area contributed by atoms with Crippen molar-refractivity contribution in [3.05, 3.63) is 79.9 Å². The zero-order valence-electron chi connectivity index (χ0n) is 19.7. The highest BCUT2D eigenvalue weighted by Gasteiger charge is 2.64. The van der Waals surface area contributed by atoms with Gasteiger partial charge in [0.1, 0.15) is 30.7 Å². The second-order valence-electron chi connectivity index (χ2n) is 8.91. The highest BCUT2D eigenvalue weighted by atomic mass is 32.2. The molecule has 3 atom stereocenters. The molecule has 2 amide bonds. The van der Waals surface area contributed by atoms with Crippen molar-refractivity contribution in [2.45, 2.75) is 49.3 Å². The molecule has 0 unspecified atom stereocenters. The second kappa shape index (κ2) is 10.0. The Morgan fingerprint density at radius 1 is 0.946 bits per heavy atom. The average molecular weight is 531 g/mol. The minimum atomic E-state index is -0.888. The summed E-state index contributed by atoms with van der Waals surface area (Å²) >= 11 is 1.35. The molecular weight excluding hydrogens is 508 g/mol. The number of fused-ring (bicyclic) bond motifs is 1. The first-order valence-electron chi connectivity index (χ1n) is 11.0. The zero-order chi connectivity index (χ0) is 26.9. The van der Waals surface area contributed by atoms with E-state index in [-0.39, 0.29) is 24.6 Å². The molecule has 0 bridgehead atoms. The summed E-state index contributed by atoms with van der Waals surface area (Å²) in [6.45, 7) is 3.34. The van der Waals surface area contributed by atoms with Crippen molar-refractivity contribution >= 4 is 41.1 Å². The quantitative estimate of drug-likeness (QED) is 0.231. The molecule has 4 rings (SSSR count). The molecule has 0 aliphatic carbocycles. The molecule has 13 nitrogen and oxygen atoms in total. The van der Waals surface area contributed by atoms with E-state index >= 15 is 0 Å². The highest BCUT2D eigenvalue weighted by molar-refractivity contribution is 8.01. The van der Waals surface area contributed by atoms with E-state index in [1.165, 1.54) is 65.2 Å². The van der Waals surface area contributed by atoms with Gasteiger partial charge < -0.3 is 19.7 Å². The number of β-lactam (4-membered cyclic amide) rings is 1. The maximum Gasteiger partial charge on any atom is 0.408 e. The van der Waals surface area contributed by atoms with Crippen molar-refractivity contribution in [1.82, 2.24) is 10.2 Å². The molecule has 2 aromatic rings. The first kappa shape index (κ1) is 25.9. The molecular formula is C23H22N4O9S. The lowest BCUT2D eigenvalue weighted by molar-refractivity contribution is -0.385. The van der Waals surface area contributed by atoms with E-state index in [9.17, 15) is 34.6 Å². The summed E-state index contributed by atoms with van der Waals surface area (Å²) in [6, 6.07) is 9.33. The smallest absolute Gasteiger partial charge is 0.408 e. The van der Waals surface area contributed by atoms with Gasteiger partial charge in [0.25, 0.3) is 11.4 Å². The van der Waals surface area contributed by atoms with Gasteiger partial charge in [-0.05, 0) is 49.2 Å². The minimum Gasteiger partial charge on any atom is -0.459 e. The van der Waals surface area contributed by atoms with Gasteiger partial charge >= 0.3 is 12.1 Å². The van der Waals surface area contributed by atoms with Crippen molar-refractivity contribution in [1.29, 1.82) is 0 Å². The van der Waals surface area contributed by atoms with E-state index in [4.69, 9.17) is 9.47 Å². The van der Waals surface area contributed by atoms with E-state index in [0.29, 0.717) is 11.1 Å². The minimum absolute atomic E-state index is 0.0813. The van der Waals surface area contributed by atoms with E-state index in [2.05, 4.69) is 5.32 Å². The Hall–Kier alpha value is -4.20. The maximum absolute atomic E-state index is 12.9. The number of thioether (sulfide) groups is 1. The lowest BCUT2D eigenvalue weighted by Crippen LogP contribution is -2.70. The predicted molar refractivity (Wildman–Crippen MR) is 129 cm³/mol. The molecule has 0 spiro atoms. The van der Waals surface area contributed by atoms with Crippen LogP contribution in [0.5, 0.6) is 0 Å². The number of nitrogens with zero attached hydrogens (tertiary/aromatic N) is 3. The molecule has 37 heavy (non-hydrogen) atoms. The van der Waals surface area contributed by atoms with E-state index in [0.717, 1.165) is 0 Å². The molecule has 1 N–H and O–H groups in total. The maximum atomic E-state index is 12.9. The van der Waals surface area contributed by atoms with Gasteiger partial charge in [-0.2, -0.15) is 0 Å². The van der Waals surface area contributed by atoms with Gasteiger partial charge in [-0.25, -0.2) is 9.59 Å². The summed E-state index contributed by atoms with van der Waals surface area (Å²) in [5.41, 5.74) is 0.927. The molecule has 14 heteroatoms. The second-order valence-corrected chi connectivity index (χ2v) is 10.7. The van der Waals surface area contributed by atoms with Gasteiger partial charge in [-0.15, -0.1) is 11.8 Å². The largest absolute Gasteiger partial charge is 0.459 e. The Morgan fingerprint density at radius 2 is 1.43 bits per heavy atom. The van der Waals surface area contributed by atoms with Gasteiger partial charge in [0, 0.05) is 29.0 Å². The Balaban J connectivity index is 1.31. The standard InChI is InChI=1S/C23H22N4O9S/c1-23(2)18(21(29)35-11-13-3-7-15(8-4-13)26(31)32)25-19(28)17(20(25)37-23)24-22(30)36-12-14-5-9-16(10-6-14)27(33)34/h3-10,17-18,20H,11-12H2,1-2H3,(H,24,30)/t17-,18+,20-/m1/s1. The van der Waals surface area contributed by atoms with Gasteiger partial charge in [0.15, 0.2) is 0 Å². The Kier molecular flexibility index (Phi) is 7.03. The van der Waals surface area contributed by atoms with Crippen LogP contribution in [0.15, 0.2) is 48.5 Å². The number of nitrogens with one attached hydrogen (secondary N) is 1. The summed E-state index contributed by atoms with van der Waals surface area (Å²) in [7, 11) is 0. The topological polar surface area (TPSA) is 171 Å². The lowest BCUT2D eigenvalue weighted by Gasteiger charge is -2.43. The third kappa shape index (κ3) is 5.33. The van der Waals surface area contributed by atoms with Crippen LogP contribution in [-0.2, 0) is 32.3 Å². The third-order valence-corrected chi connectivity index (χ3v) is 7.55. The van der Waals surface area contributed by atoms with E-state index < -0.39 is 50.0 Å². The van der Waals surface area contributed by atoms with Crippen molar-refractivity contribution in [3.63, 3.8) is 0 Å². The Labute approximate surface area is 214 Å². The number of carbonyl (C=O) groups excluding carboxylic acids is 3. The molecule has 2 heterocycles. The zero-order valence-corrected chi connectivity index (χ0v) is 20.5. The number of benzene rings is 2. The van der Waals surface area contributed by atoms with Crippen LogP contribution in [-0.4, -0.2) is 54.9 Å². The number of alkyl carbamates (subject to hydrolysis) is 1. The molecule has 194 valence electrons. The fourth-order valence-corrected chi connectivity index (χ4v) is 5.73. The molecule has 2 fully saturated rings. The Bertz CT molecular complexity index is 1250. The predicted octanol–water partition coefficient (Wildman–Crippen LogP) is 2.90. The highest BCUT2D eigenvalue weighted by Crippen LogP contribution is 2.51. The summed E-state index contributed by atoms with van der Waals surface area (Å²) in [5.74, 6) is -1.07. The van der Waals surface area contributed by atoms with E-state index in [1.54, 1.807) is 13.8 Å². The van der Waals surface area contributed by atoms with Crippen LogP contribution < -0.4 is 5.32 Å². The van der Waals surface area contributed by atoms with Crippen LogP contribution >= 0.6 is 11.8 Å². The van der Waals surface area contributed by atoms with Crippen LogP contribution in [0.25, 0.3) is 0 Å². The fraction of sp³-hybridized carbons (Fsp3) is 0.348. The SMILES string of the molecule is CC1(C)S[C@@H]2[C@H](NC(=O)OCc3ccc([N+](=O)[O-])cc3)C(=O)N2[C@H]1C(=O)OCc1ccc([N+](=O)[O-])cc1. The number of hydrogen-bond acceptors (Lipinski definition) is 10. The van der Waals surface area contributed by atoms with Crippen molar-refractivity contribution < 1.29 is 33.7 Å². The van der Waals surface area contributed by atoms with Gasteiger partial charge in [0.05, 0.1) is 9.85 Å². The van der Waals surface area contributed by atoms with Crippen LogP contribution in [0.4, 0.5) is 16.2 Å². The lowest BCUT2D eigenvalue weighted by atomic mass is 9.96. The van der Waals surface area contributed by atoms with Crippen molar-refractivity contribution in [2.75, 3.05) is 0 Å². The van der Waals surface area contributed by atoms with Gasteiger partial charge in [-0.1, -0.05) is 0 Å². The summed E-state index contributed by atoms with van der Waals surface area (Å²) in [4.78, 5) is 59.8. The van der Waals surface area contributed by atoms with Crippen molar-refractivity contribution in [2.24, 2.45) is 0 Å². The summed E-state index contributed by atoms with van der Waals surface area (Å²) in [6.07, 6.45) is -0.834. The number of carbonyl (C=O) groups is 3. The number of nitro benzene ring substituents is 2. The monoisotopic (exact) mass is 530 g/mol. The van der Waals surface area contributed by atoms with Gasteiger partial charge in [0.2, 0.25) is 5.91 Å². The van der Waals surface area contributed by atoms with Crippen molar-refractivity contribution in [3.8, 4) is 0 Å². The van der Waals surface area contributed by atoms with Crippen LogP contribution in [0.3, 0.4) is 0 Å². The number of rotatable bonds is 8. The number of ether oxygens (including phenoxy) is 2. The number of amides is 2. The third-order valence-electron chi connectivity index (χ3n) is 5.98. The first-order chi connectivity index (χ1) is 17.5. The molecule has 0 saturated carbocycles. The van der Waals surface area contributed by atoms with Crippen LogP contribution in [0.1, 0.15) is 25.0 Å². The van der Waals surface area contributed by atoms with Crippen LogP contribution in [0.2, 0.25) is 0 Å². The molecule has 2 aliphatic heterocycles. The summed E-state index contributed by atoms with van der Waals surface area (Å²) in [5, 5.41) is 23.5. The van der Waals surface area contributed by atoms with E-state index in [1.807, 2.05) is 0 Å². The number of nitro groups is 2. The fourth-order valence-electron chi connectivity index (χ4n) is 4.11. The number of esters is 1. The van der Waals surface area contributed by atoms with Gasteiger partial charge in [-0.3, -0.25) is 25.0 Å². The molecule has 0 radical (unpaired) electrons. The molecule has 0 aromatic heterocycles. The van der Waals surface area contributed by atoms with Crippen LogP contribution in [0, 0.1) is 20.2 Å². The molecule has 2 aromatic carbocycles. The normalized spacial score (nSPS) is 21.4. The molecule has 2 aliphatic rings. The summed E-state index contributed by atoms with van der Waals surface area (Å²) < 4.78 is 9.84. The number of hydrogen-bond donors (Lipinski definition) is 1.